The molecular formula is C33H28ClN3O5. The van der Waals surface area contributed by atoms with E-state index in [1.165, 1.54) is 12.3 Å². The average molecular weight is 582 g/mol. The van der Waals surface area contributed by atoms with E-state index in [2.05, 4.69) is 15.8 Å². The number of hydrogen-bond acceptors (Lipinski definition) is 6. The number of hydrazone groups is 1. The molecule has 8 nitrogen and oxygen atoms in total. The van der Waals surface area contributed by atoms with Gasteiger partial charge in [-0.1, -0.05) is 47.5 Å². The molecule has 0 bridgehead atoms. The van der Waals surface area contributed by atoms with Crippen molar-refractivity contribution < 1.29 is 23.9 Å². The van der Waals surface area contributed by atoms with Gasteiger partial charge in [-0.3, -0.25) is 9.59 Å². The maximum atomic E-state index is 12.7. The van der Waals surface area contributed by atoms with Crippen LogP contribution in [0.15, 0.2) is 102 Å². The first-order valence-corrected chi connectivity index (χ1v) is 13.4. The quantitative estimate of drug-likeness (QED) is 0.0714. The van der Waals surface area contributed by atoms with E-state index in [0.29, 0.717) is 39.8 Å². The topological polar surface area (TPSA) is 106 Å². The van der Waals surface area contributed by atoms with Crippen LogP contribution in [0.1, 0.15) is 44.3 Å². The predicted molar refractivity (Wildman–Crippen MR) is 164 cm³/mol. The molecule has 0 radical (unpaired) electrons. The summed E-state index contributed by atoms with van der Waals surface area (Å²) in [5.41, 5.74) is 6.17. The largest absolute Gasteiger partial charge is 0.490 e. The number of ether oxygens (including phenoxy) is 2. The predicted octanol–water partition coefficient (Wildman–Crippen LogP) is 6.68. The van der Waals surface area contributed by atoms with Gasteiger partial charge < -0.3 is 14.8 Å². The molecule has 0 fully saturated rings. The van der Waals surface area contributed by atoms with Crippen molar-refractivity contribution in [2.45, 2.75) is 13.8 Å². The van der Waals surface area contributed by atoms with Gasteiger partial charge in [0.25, 0.3) is 11.8 Å². The summed E-state index contributed by atoms with van der Waals surface area (Å²) in [4.78, 5) is 37.6. The number of benzene rings is 4. The summed E-state index contributed by atoms with van der Waals surface area (Å²) < 4.78 is 11.1. The van der Waals surface area contributed by atoms with Gasteiger partial charge in [-0.15, -0.1) is 0 Å². The number of hydrogen-bond donors (Lipinski definition) is 2. The summed E-state index contributed by atoms with van der Waals surface area (Å²) in [6.07, 6.45) is 4.37. The summed E-state index contributed by atoms with van der Waals surface area (Å²) in [5, 5.41) is 7.44. The van der Waals surface area contributed by atoms with Crippen LogP contribution in [0.4, 0.5) is 5.69 Å². The molecule has 0 saturated carbocycles. The third-order valence-electron chi connectivity index (χ3n) is 5.80. The van der Waals surface area contributed by atoms with Gasteiger partial charge in [0, 0.05) is 27.9 Å². The van der Waals surface area contributed by atoms with Crippen molar-refractivity contribution in [2.24, 2.45) is 5.10 Å². The van der Waals surface area contributed by atoms with E-state index >= 15 is 0 Å². The molecular weight excluding hydrogens is 554 g/mol. The maximum Gasteiger partial charge on any atom is 0.336 e. The van der Waals surface area contributed by atoms with Crippen molar-refractivity contribution in [3.63, 3.8) is 0 Å². The van der Waals surface area contributed by atoms with Gasteiger partial charge in [-0.25, -0.2) is 10.2 Å². The fourth-order valence-corrected chi connectivity index (χ4v) is 3.92. The van der Waals surface area contributed by atoms with E-state index in [1.807, 2.05) is 26.0 Å². The van der Waals surface area contributed by atoms with Crippen LogP contribution >= 0.6 is 11.6 Å². The van der Waals surface area contributed by atoms with Gasteiger partial charge in [0.15, 0.2) is 11.5 Å². The van der Waals surface area contributed by atoms with Crippen molar-refractivity contribution in [2.75, 3.05) is 11.9 Å². The molecule has 9 heteroatoms. The second-order valence-electron chi connectivity index (χ2n) is 9.05. The van der Waals surface area contributed by atoms with Crippen LogP contribution < -0.4 is 20.2 Å². The average Bonchev–Trinajstić information content (AvgIpc) is 2.98. The Morgan fingerprint density at radius 1 is 0.833 bits per heavy atom. The van der Waals surface area contributed by atoms with Gasteiger partial charge in [-0.05, 0) is 91.7 Å². The number of rotatable bonds is 10. The van der Waals surface area contributed by atoms with E-state index in [9.17, 15) is 14.4 Å². The summed E-state index contributed by atoms with van der Waals surface area (Å²) in [7, 11) is 0. The molecule has 0 aromatic heterocycles. The normalized spacial score (nSPS) is 10.9. The van der Waals surface area contributed by atoms with Crippen LogP contribution in [0.3, 0.4) is 0 Å². The van der Waals surface area contributed by atoms with Gasteiger partial charge in [0.1, 0.15) is 0 Å². The SMILES string of the molecule is CCOc1cc(C=NNC(=O)c2cccc(NC(=O)c3cccc(C)c3)c2)ccc1OC(=O)/C=C/c1ccc(Cl)cc1. The highest BCUT2D eigenvalue weighted by Crippen LogP contribution is 2.28. The fraction of sp³-hybridized carbons (Fsp3) is 0.0909. The van der Waals surface area contributed by atoms with E-state index in [4.69, 9.17) is 21.1 Å². The number of amides is 2. The molecule has 42 heavy (non-hydrogen) atoms. The zero-order chi connectivity index (χ0) is 29.9. The molecule has 0 aliphatic carbocycles. The third kappa shape index (κ3) is 8.64. The zero-order valence-corrected chi connectivity index (χ0v) is 23.7. The Balaban J connectivity index is 1.37. The minimum absolute atomic E-state index is 0.244. The Morgan fingerprint density at radius 2 is 1.55 bits per heavy atom. The third-order valence-corrected chi connectivity index (χ3v) is 6.05. The van der Waals surface area contributed by atoms with E-state index in [0.717, 1.165) is 11.1 Å². The Hall–Kier alpha value is -5.21. The standard InChI is InChI=1S/C33H28ClN3O5/c1-3-41-30-19-24(12-16-29(30)42-31(38)17-13-23-10-14-27(34)15-11-23)21-35-37-33(40)26-8-5-9-28(20-26)36-32(39)25-7-4-6-22(2)18-25/h4-21H,3H2,1-2H3,(H,36,39)(H,37,40)/b17-13+,35-21?. The molecule has 0 saturated heterocycles. The first-order chi connectivity index (χ1) is 20.3. The number of esters is 1. The summed E-state index contributed by atoms with van der Waals surface area (Å²) in [6.45, 7) is 4.07. The lowest BCUT2D eigenvalue weighted by molar-refractivity contribution is -0.129. The number of aryl methyl sites for hydroxylation is 1. The summed E-state index contributed by atoms with van der Waals surface area (Å²) in [6, 6.07) is 25.7. The molecule has 0 spiro atoms. The van der Waals surface area contributed by atoms with E-state index in [1.54, 1.807) is 84.9 Å². The lowest BCUT2D eigenvalue weighted by atomic mass is 10.1. The van der Waals surface area contributed by atoms with Gasteiger partial charge in [-0.2, -0.15) is 5.10 Å². The molecule has 0 aliphatic rings. The smallest absolute Gasteiger partial charge is 0.336 e. The maximum absolute atomic E-state index is 12.7. The Kier molecular flexibility index (Phi) is 10.2. The molecule has 2 N–H and O–H groups in total. The minimum Gasteiger partial charge on any atom is -0.490 e. The lowest BCUT2D eigenvalue weighted by Crippen LogP contribution is -2.18. The van der Waals surface area contributed by atoms with Crippen molar-refractivity contribution in [1.82, 2.24) is 5.43 Å². The molecule has 0 aliphatic heterocycles. The Morgan fingerprint density at radius 3 is 2.29 bits per heavy atom. The van der Waals surface area contributed by atoms with Crippen LogP contribution in [-0.4, -0.2) is 30.6 Å². The van der Waals surface area contributed by atoms with Gasteiger partial charge in [0.05, 0.1) is 12.8 Å². The molecule has 212 valence electrons. The molecule has 0 atom stereocenters. The van der Waals surface area contributed by atoms with Crippen LogP contribution in [0.25, 0.3) is 6.08 Å². The monoisotopic (exact) mass is 581 g/mol. The second-order valence-corrected chi connectivity index (χ2v) is 9.49. The van der Waals surface area contributed by atoms with Crippen LogP contribution in [0, 0.1) is 6.92 Å². The molecule has 0 unspecified atom stereocenters. The molecule has 4 aromatic rings. The molecule has 2 amide bonds. The molecule has 0 heterocycles. The first kappa shape index (κ1) is 29.8. The highest BCUT2D eigenvalue weighted by Gasteiger charge is 2.11. The number of anilines is 1. The highest BCUT2D eigenvalue weighted by atomic mass is 35.5. The first-order valence-electron chi connectivity index (χ1n) is 13.0. The fourth-order valence-electron chi connectivity index (χ4n) is 3.80. The van der Waals surface area contributed by atoms with E-state index < -0.39 is 11.9 Å². The van der Waals surface area contributed by atoms with Crippen LogP contribution in [0.2, 0.25) is 5.02 Å². The number of halogens is 1. The van der Waals surface area contributed by atoms with Crippen LogP contribution in [-0.2, 0) is 4.79 Å². The second kappa shape index (κ2) is 14.4. The van der Waals surface area contributed by atoms with Crippen molar-refractivity contribution in [1.29, 1.82) is 0 Å². The summed E-state index contributed by atoms with van der Waals surface area (Å²) in [5.74, 6) is -0.713. The minimum atomic E-state index is -0.572. The molecule has 4 rings (SSSR count). The van der Waals surface area contributed by atoms with E-state index in [-0.39, 0.29) is 11.7 Å². The van der Waals surface area contributed by atoms with Gasteiger partial charge >= 0.3 is 5.97 Å². The van der Waals surface area contributed by atoms with Crippen LogP contribution in [0.5, 0.6) is 11.5 Å². The molecule has 4 aromatic carbocycles. The van der Waals surface area contributed by atoms with Crippen molar-refractivity contribution in [3.05, 3.63) is 130 Å². The highest BCUT2D eigenvalue weighted by molar-refractivity contribution is 6.30. The zero-order valence-electron chi connectivity index (χ0n) is 23.0. The van der Waals surface area contributed by atoms with Crippen molar-refractivity contribution in [3.8, 4) is 11.5 Å². The van der Waals surface area contributed by atoms with Gasteiger partial charge in [0.2, 0.25) is 0 Å². The van der Waals surface area contributed by atoms with Crippen molar-refractivity contribution >= 4 is 47.4 Å². The Bertz CT molecular complexity index is 1650. The lowest BCUT2D eigenvalue weighted by Gasteiger charge is -2.10. The summed E-state index contributed by atoms with van der Waals surface area (Å²) >= 11 is 5.89. The number of nitrogens with zero attached hydrogens (tertiary/aromatic N) is 1. The Labute approximate surface area is 248 Å². The number of carbonyl (C=O) groups is 3. The number of nitrogens with one attached hydrogen (secondary N) is 2. The number of carbonyl (C=O) groups excluding carboxylic acids is 3.